The van der Waals surface area contributed by atoms with Crippen LogP contribution in [0.15, 0.2) is 47.8 Å². The first-order valence-electron chi connectivity index (χ1n) is 9.26. The fourth-order valence-electron chi connectivity index (χ4n) is 3.06. The molecule has 0 unspecified atom stereocenters. The second kappa shape index (κ2) is 9.01. The van der Waals surface area contributed by atoms with E-state index in [0.29, 0.717) is 20.7 Å². The first-order chi connectivity index (χ1) is 14.9. The fraction of sp³-hybridized carbons (Fsp3) is 0.143. The van der Waals surface area contributed by atoms with Crippen molar-refractivity contribution in [2.24, 2.45) is 0 Å². The summed E-state index contributed by atoms with van der Waals surface area (Å²) in [5, 5.41) is 12.8. The maximum atomic E-state index is 12.7. The average molecular weight is 472 g/mol. The number of aromatic amines is 1. The van der Waals surface area contributed by atoms with Gasteiger partial charge in [0, 0.05) is 21.5 Å². The summed E-state index contributed by atoms with van der Waals surface area (Å²) < 4.78 is 7.42. The molecular weight excluding hydrogens is 454 g/mol. The van der Waals surface area contributed by atoms with Gasteiger partial charge in [-0.2, -0.15) is 5.10 Å². The topological polar surface area (TPSA) is 84.8 Å². The standard InChI is InChI=1S/C21H18ClN5O2S2/c1-12-3-8-17(29-2)15(9-12)16-11-31-20(23-16)24-18(28)10-27-19(25-26-21(27)30)13-4-6-14(22)7-5-13/h3-9,11H,10H2,1-2H3,(H,26,30)(H,23,24,28). The number of aromatic nitrogens is 4. The van der Waals surface area contributed by atoms with Crippen molar-refractivity contribution in [3.05, 3.63) is 63.2 Å². The SMILES string of the molecule is COc1ccc(C)cc1-c1csc(NC(=O)Cn2c(-c3ccc(Cl)cc3)n[nH]c2=S)n1. The van der Waals surface area contributed by atoms with E-state index in [0.717, 1.165) is 28.1 Å². The minimum atomic E-state index is -0.259. The van der Waals surface area contributed by atoms with E-state index >= 15 is 0 Å². The number of carbonyl (C=O) groups is 1. The van der Waals surface area contributed by atoms with Gasteiger partial charge in [-0.25, -0.2) is 4.98 Å². The first kappa shape index (κ1) is 21.2. The van der Waals surface area contributed by atoms with Crippen LogP contribution in [0.4, 0.5) is 5.13 Å². The maximum Gasteiger partial charge on any atom is 0.246 e. The second-order valence-corrected chi connectivity index (χ2v) is 8.42. The highest BCUT2D eigenvalue weighted by molar-refractivity contribution is 7.71. The first-order valence-corrected chi connectivity index (χ1v) is 10.9. The molecule has 2 aromatic carbocycles. The molecule has 2 N–H and O–H groups in total. The highest BCUT2D eigenvalue weighted by atomic mass is 35.5. The summed E-state index contributed by atoms with van der Waals surface area (Å²) in [6.07, 6.45) is 0. The molecule has 0 atom stereocenters. The Morgan fingerprint density at radius 1 is 1.29 bits per heavy atom. The Balaban J connectivity index is 1.52. The van der Waals surface area contributed by atoms with Crippen molar-refractivity contribution in [2.45, 2.75) is 13.5 Å². The monoisotopic (exact) mass is 471 g/mol. The van der Waals surface area contributed by atoms with Crippen LogP contribution in [-0.4, -0.2) is 32.8 Å². The van der Waals surface area contributed by atoms with E-state index < -0.39 is 0 Å². The van der Waals surface area contributed by atoms with E-state index in [-0.39, 0.29) is 12.5 Å². The molecule has 2 aromatic heterocycles. The van der Waals surface area contributed by atoms with E-state index in [2.05, 4.69) is 20.5 Å². The van der Waals surface area contributed by atoms with Crippen LogP contribution in [0.2, 0.25) is 5.02 Å². The highest BCUT2D eigenvalue weighted by Crippen LogP contribution is 2.33. The van der Waals surface area contributed by atoms with Crippen molar-refractivity contribution in [3.8, 4) is 28.4 Å². The zero-order chi connectivity index (χ0) is 22.0. The van der Waals surface area contributed by atoms with Crippen LogP contribution in [0.5, 0.6) is 5.75 Å². The van der Waals surface area contributed by atoms with Crippen molar-refractivity contribution in [2.75, 3.05) is 12.4 Å². The van der Waals surface area contributed by atoms with Crippen LogP contribution < -0.4 is 10.1 Å². The fourth-order valence-corrected chi connectivity index (χ4v) is 4.11. The number of nitrogens with zero attached hydrogens (tertiary/aromatic N) is 3. The van der Waals surface area contributed by atoms with Gasteiger partial charge in [-0.05, 0) is 55.5 Å². The summed E-state index contributed by atoms with van der Waals surface area (Å²) in [4.78, 5) is 17.2. The second-order valence-electron chi connectivity index (χ2n) is 6.74. The number of ether oxygens (including phenoxy) is 1. The molecule has 4 rings (SSSR count). The molecule has 0 radical (unpaired) electrons. The number of anilines is 1. The van der Waals surface area contributed by atoms with Crippen LogP contribution in [-0.2, 0) is 11.3 Å². The number of methoxy groups -OCH3 is 1. The lowest BCUT2D eigenvalue weighted by Gasteiger charge is -2.08. The molecule has 0 aliphatic heterocycles. The molecule has 0 fully saturated rings. The van der Waals surface area contributed by atoms with E-state index in [1.54, 1.807) is 23.8 Å². The number of carbonyl (C=O) groups excluding carboxylic acids is 1. The lowest BCUT2D eigenvalue weighted by molar-refractivity contribution is -0.116. The third-order valence-corrected chi connectivity index (χ3v) is 5.87. The molecule has 1 amide bonds. The zero-order valence-electron chi connectivity index (χ0n) is 16.7. The number of hydrogen-bond acceptors (Lipinski definition) is 6. The molecule has 158 valence electrons. The molecule has 2 heterocycles. The summed E-state index contributed by atoms with van der Waals surface area (Å²) in [5.41, 5.74) is 3.51. The average Bonchev–Trinajstić information content (AvgIpc) is 3.36. The number of H-pyrrole nitrogens is 1. The number of aryl methyl sites for hydroxylation is 1. The molecule has 0 saturated carbocycles. The van der Waals surface area contributed by atoms with Gasteiger partial charge >= 0.3 is 0 Å². The Kier molecular flexibility index (Phi) is 6.17. The highest BCUT2D eigenvalue weighted by Gasteiger charge is 2.15. The Morgan fingerprint density at radius 3 is 2.81 bits per heavy atom. The van der Waals surface area contributed by atoms with Crippen molar-refractivity contribution in [1.82, 2.24) is 19.7 Å². The predicted octanol–water partition coefficient (Wildman–Crippen LogP) is 5.34. The van der Waals surface area contributed by atoms with Crippen LogP contribution in [0, 0.1) is 11.7 Å². The van der Waals surface area contributed by atoms with Crippen molar-refractivity contribution < 1.29 is 9.53 Å². The van der Waals surface area contributed by atoms with Gasteiger partial charge in [0.2, 0.25) is 5.91 Å². The van der Waals surface area contributed by atoms with Gasteiger partial charge in [0.1, 0.15) is 12.3 Å². The number of benzene rings is 2. The quantitative estimate of drug-likeness (QED) is 0.371. The lowest BCUT2D eigenvalue weighted by Crippen LogP contribution is -2.19. The summed E-state index contributed by atoms with van der Waals surface area (Å²) in [7, 11) is 1.62. The minimum Gasteiger partial charge on any atom is -0.496 e. The largest absolute Gasteiger partial charge is 0.496 e. The normalized spacial score (nSPS) is 10.8. The molecule has 0 aliphatic rings. The van der Waals surface area contributed by atoms with E-state index in [4.69, 9.17) is 28.6 Å². The third-order valence-electron chi connectivity index (χ3n) is 4.54. The summed E-state index contributed by atoms with van der Waals surface area (Å²) in [6, 6.07) is 13.0. The van der Waals surface area contributed by atoms with Crippen molar-refractivity contribution in [1.29, 1.82) is 0 Å². The molecule has 0 spiro atoms. The summed E-state index contributed by atoms with van der Waals surface area (Å²) in [6.45, 7) is 2.00. The molecule has 7 nitrogen and oxygen atoms in total. The van der Waals surface area contributed by atoms with Gasteiger partial charge in [-0.15, -0.1) is 11.3 Å². The minimum absolute atomic E-state index is 0.00400. The number of thiazole rings is 1. The molecule has 31 heavy (non-hydrogen) atoms. The van der Waals surface area contributed by atoms with E-state index in [9.17, 15) is 4.79 Å². The maximum absolute atomic E-state index is 12.7. The van der Waals surface area contributed by atoms with Crippen LogP contribution >= 0.6 is 35.2 Å². The van der Waals surface area contributed by atoms with Crippen molar-refractivity contribution in [3.63, 3.8) is 0 Å². The molecule has 0 bridgehead atoms. The smallest absolute Gasteiger partial charge is 0.246 e. The number of halogens is 1. The van der Waals surface area contributed by atoms with Gasteiger partial charge in [0.25, 0.3) is 0 Å². The van der Waals surface area contributed by atoms with Gasteiger partial charge < -0.3 is 10.1 Å². The molecule has 4 aromatic rings. The van der Waals surface area contributed by atoms with Crippen LogP contribution in [0.1, 0.15) is 5.56 Å². The number of hydrogen-bond donors (Lipinski definition) is 2. The predicted molar refractivity (Wildman–Crippen MR) is 125 cm³/mol. The van der Waals surface area contributed by atoms with Crippen LogP contribution in [0.25, 0.3) is 22.6 Å². The molecule has 0 saturated heterocycles. The number of amides is 1. The third kappa shape index (κ3) is 4.68. The van der Waals surface area contributed by atoms with E-state index in [1.807, 2.05) is 42.6 Å². The van der Waals surface area contributed by atoms with Crippen molar-refractivity contribution >= 4 is 46.2 Å². The van der Waals surface area contributed by atoms with E-state index in [1.165, 1.54) is 11.3 Å². The Bertz CT molecular complexity index is 1290. The number of nitrogens with one attached hydrogen (secondary N) is 2. The summed E-state index contributed by atoms with van der Waals surface area (Å²) in [5.74, 6) is 1.03. The number of rotatable bonds is 6. The van der Waals surface area contributed by atoms with Gasteiger partial charge in [-0.3, -0.25) is 14.5 Å². The van der Waals surface area contributed by atoms with Gasteiger partial charge in [0.15, 0.2) is 15.7 Å². The Morgan fingerprint density at radius 2 is 2.06 bits per heavy atom. The Hall–Kier alpha value is -3.01. The molecule has 10 heteroatoms. The lowest BCUT2D eigenvalue weighted by atomic mass is 10.1. The van der Waals surface area contributed by atoms with Crippen LogP contribution in [0.3, 0.4) is 0 Å². The molecule has 0 aliphatic carbocycles. The Labute approximate surface area is 192 Å². The zero-order valence-corrected chi connectivity index (χ0v) is 19.1. The van der Waals surface area contributed by atoms with Gasteiger partial charge in [-0.1, -0.05) is 23.2 Å². The molecular formula is C21H18ClN5O2S2. The van der Waals surface area contributed by atoms with Gasteiger partial charge in [0.05, 0.1) is 12.8 Å². The summed E-state index contributed by atoms with van der Waals surface area (Å²) >= 11 is 12.6.